The van der Waals surface area contributed by atoms with Crippen molar-refractivity contribution in [2.75, 3.05) is 18.0 Å². The highest BCUT2D eigenvalue weighted by Gasteiger charge is 2.23. The van der Waals surface area contributed by atoms with E-state index in [1.807, 2.05) is 12.1 Å². The molecule has 1 fully saturated rings. The molecule has 0 aromatic carbocycles. The Bertz CT molecular complexity index is 654. The third-order valence-corrected chi connectivity index (χ3v) is 4.32. The van der Waals surface area contributed by atoms with Gasteiger partial charge in [-0.15, -0.1) is 0 Å². The molecule has 2 aromatic rings. The first-order valence-electron chi connectivity index (χ1n) is 7.29. The van der Waals surface area contributed by atoms with E-state index in [1.54, 1.807) is 30.2 Å². The van der Waals surface area contributed by atoms with Crippen LogP contribution < -0.4 is 10.2 Å². The van der Waals surface area contributed by atoms with Crippen LogP contribution in [0, 0.1) is 0 Å². The highest BCUT2D eigenvalue weighted by atomic mass is 79.9. The summed E-state index contributed by atoms with van der Waals surface area (Å²) in [6.45, 7) is 1.74. The topological polar surface area (TPSA) is 63.1 Å². The van der Waals surface area contributed by atoms with Gasteiger partial charge in [-0.1, -0.05) is 0 Å². The zero-order valence-corrected chi connectivity index (χ0v) is 14.0. The van der Waals surface area contributed by atoms with Crippen LogP contribution in [0.1, 0.15) is 23.3 Å². The van der Waals surface area contributed by atoms with Crippen molar-refractivity contribution in [2.24, 2.45) is 7.05 Å². The lowest BCUT2D eigenvalue weighted by Crippen LogP contribution is -2.48. The van der Waals surface area contributed by atoms with Crippen molar-refractivity contribution in [3.05, 3.63) is 40.8 Å². The van der Waals surface area contributed by atoms with Gasteiger partial charge in [0.15, 0.2) is 0 Å². The van der Waals surface area contributed by atoms with Crippen molar-refractivity contribution in [2.45, 2.75) is 18.9 Å². The molecule has 1 N–H and O–H groups in total. The molecule has 2 aromatic heterocycles. The van der Waals surface area contributed by atoms with Gasteiger partial charge in [0, 0.05) is 43.0 Å². The average Bonchev–Trinajstić information content (AvgIpc) is 2.94. The number of nitrogens with one attached hydrogen (secondary N) is 1. The predicted molar refractivity (Wildman–Crippen MR) is 87.8 cm³/mol. The monoisotopic (exact) mass is 363 g/mol. The fraction of sp³-hybridized carbons (Fsp3) is 0.400. The molecule has 3 heterocycles. The van der Waals surface area contributed by atoms with Crippen LogP contribution >= 0.6 is 15.9 Å². The Morgan fingerprint density at radius 2 is 2.27 bits per heavy atom. The maximum atomic E-state index is 12.3. The highest BCUT2D eigenvalue weighted by Crippen LogP contribution is 2.19. The molecule has 3 rings (SSSR count). The van der Waals surface area contributed by atoms with Crippen molar-refractivity contribution >= 4 is 27.7 Å². The third-order valence-electron chi connectivity index (χ3n) is 3.85. The number of carbonyl (C=O) groups is 1. The van der Waals surface area contributed by atoms with Gasteiger partial charge in [-0.25, -0.2) is 4.98 Å². The number of hydrogen-bond donors (Lipinski definition) is 1. The molecule has 1 unspecified atom stereocenters. The molecule has 1 saturated heterocycles. The van der Waals surface area contributed by atoms with E-state index in [1.165, 1.54) is 0 Å². The number of aromatic nitrogens is 3. The lowest BCUT2D eigenvalue weighted by molar-refractivity contribution is 0.0923. The van der Waals surface area contributed by atoms with E-state index < -0.39 is 0 Å². The summed E-state index contributed by atoms with van der Waals surface area (Å²) >= 11 is 3.40. The van der Waals surface area contributed by atoms with Crippen LogP contribution in [0.5, 0.6) is 0 Å². The summed E-state index contributed by atoms with van der Waals surface area (Å²) in [6, 6.07) is 5.84. The minimum atomic E-state index is -0.0735. The highest BCUT2D eigenvalue weighted by molar-refractivity contribution is 9.10. The van der Waals surface area contributed by atoms with Crippen molar-refractivity contribution in [1.82, 2.24) is 20.1 Å². The molecule has 0 saturated carbocycles. The number of pyridine rings is 1. The summed E-state index contributed by atoms with van der Waals surface area (Å²) in [6.07, 6.45) is 5.45. The number of aryl methyl sites for hydroxylation is 1. The van der Waals surface area contributed by atoms with Crippen LogP contribution in [-0.2, 0) is 7.05 Å². The van der Waals surface area contributed by atoms with Gasteiger partial charge in [0.1, 0.15) is 11.5 Å². The summed E-state index contributed by atoms with van der Waals surface area (Å²) in [5.41, 5.74) is 0.582. The Morgan fingerprint density at radius 3 is 2.95 bits per heavy atom. The molecular formula is C15H18BrN5O. The number of halogens is 1. The largest absolute Gasteiger partial charge is 0.355 e. The summed E-state index contributed by atoms with van der Waals surface area (Å²) in [4.78, 5) is 18.9. The van der Waals surface area contributed by atoms with E-state index >= 15 is 0 Å². The van der Waals surface area contributed by atoms with E-state index in [0.29, 0.717) is 5.69 Å². The summed E-state index contributed by atoms with van der Waals surface area (Å²) in [5.74, 6) is 0.873. The number of amides is 1. The van der Waals surface area contributed by atoms with E-state index in [-0.39, 0.29) is 11.9 Å². The fourth-order valence-corrected chi connectivity index (χ4v) is 2.95. The second-order valence-corrected chi connectivity index (χ2v) is 6.35. The molecule has 1 atom stereocenters. The van der Waals surface area contributed by atoms with Crippen molar-refractivity contribution in [3.8, 4) is 0 Å². The first-order valence-corrected chi connectivity index (χ1v) is 8.08. The molecule has 0 bridgehead atoms. The standard InChI is InChI=1S/C15H18BrN5O/c1-20-13(6-7-18-20)15(22)19-12-3-2-8-21(10-12)14-5-4-11(16)9-17-14/h4-7,9,12H,2-3,8,10H2,1H3,(H,19,22). The van der Waals surface area contributed by atoms with Gasteiger partial charge < -0.3 is 10.2 Å². The summed E-state index contributed by atoms with van der Waals surface area (Å²) < 4.78 is 2.56. The van der Waals surface area contributed by atoms with Crippen molar-refractivity contribution in [1.29, 1.82) is 0 Å². The molecule has 1 amide bonds. The average molecular weight is 364 g/mol. The molecule has 0 spiro atoms. The van der Waals surface area contributed by atoms with Crippen LogP contribution in [0.15, 0.2) is 35.1 Å². The predicted octanol–water partition coefficient (Wildman–Crippen LogP) is 1.98. The van der Waals surface area contributed by atoms with Gasteiger partial charge in [0.05, 0.1) is 0 Å². The zero-order chi connectivity index (χ0) is 15.5. The maximum absolute atomic E-state index is 12.3. The van der Waals surface area contributed by atoms with Crippen molar-refractivity contribution < 1.29 is 4.79 Å². The Balaban J connectivity index is 1.64. The molecular weight excluding hydrogens is 346 g/mol. The van der Waals surface area contributed by atoms with Crippen LogP contribution in [0.2, 0.25) is 0 Å². The Hall–Kier alpha value is -1.89. The van der Waals surface area contributed by atoms with Gasteiger partial charge in [-0.3, -0.25) is 9.48 Å². The van der Waals surface area contributed by atoms with E-state index in [9.17, 15) is 4.79 Å². The molecule has 116 valence electrons. The van der Waals surface area contributed by atoms with Gasteiger partial charge in [0.25, 0.3) is 5.91 Å². The van der Waals surface area contributed by atoms with Crippen LogP contribution in [0.4, 0.5) is 5.82 Å². The lowest BCUT2D eigenvalue weighted by atomic mass is 10.1. The molecule has 1 aliphatic rings. The number of anilines is 1. The van der Waals surface area contributed by atoms with Gasteiger partial charge in [0.2, 0.25) is 0 Å². The first-order chi connectivity index (χ1) is 10.6. The van der Waals surface area contributed by atoms with Crippen LogP contribution in [0.25, 0.3) is 0 Å². The quantitative estimate of drug-likeness (QED) is 0.905. The minimum Gasteiger partial charge on any atom is -0.355 e. The lowest BCUT2D eigenvalue weighted by Gasteiger charge is -2.34. The van der Waals surface area contributed by atoms with Gasteiger partial charge in [-0.2, -0.15) is 5.10 Å². The van der Waals surface area contributed by atoms with E-state index in [0.717, 1.165) is 36.2 Å². The molecule has 0 radical (unpaired) electrons. The van der Waals surface area contributed by atoms with Gasteiger partial charge >= 0.3 is 0 Å². The number of piperidine rings is 1. The van der Waals surface area contributed by atoms with Crippen LogP contribution in [0.3, 0.4) is 0 Å². The number of carbonyl (C=O) groups excluding carboxylic acids is 1. The minimum absolute atomic E-state index is 0.0735. The normalized spacial score (nSPS) is 18.3. The molecule has 0 aliphatic carbocycles. The maximum Gasteiger partial charge on any atom is 0.269 e. The summed E-state index contributed by atoms with van der Waals surface area (Å²) in [5, 5.41) is 7.13. The second-order valence-electron chi connectivity index (χ2n) is 5.43. The Labute approximate surface area is 137 Å². The summed E-state index contributed by atoms with van der Waals surface area (Å²) in [7, 11) is 1.77. The Kier molecular flexibility index (Phi) is 4.42. The second kappa shape index (κ2) is 6.48. The van der Waals surface area contributed by atoms with Gasteiger partial charge in [-0.05, 0) is 47.0 Å². The Morgan fingerprint density at radius 1 is 1.41 bits per heavy atom. The first kappa shape index (κ1) is 15.0. The molecule has 7 heteroatoms. The molecule has 22 heavy (non-hydrogen) atoms. The SMILES string of the molecule is Cn1nccc1C(=O)NC1CCCN(c2ccc(Br)cn2)C1. The van der Waals surface area contributed by atoms with E-state index in [2.05, 4.69) is 36.2 Å². The van der Waals surface area contributed by atoms with E-state index in [4.69, 9.17) is 0 Å². The fourth-order valence-electron chi connectivity index (χ4n) is 2.71. The zero-order valence-electron chi connectivity index (χ0n) is 12.4. The van der Waals surface area contributed by atoms with Crippen molar-refractivity contribution in [3.63, 3.8) is 0 Å². The van der Waals surface area contributed by atoms with Crippen LogP contribution in [-0.4, -0.2) is 39.8 Å². The number of hydrogen-bond acceptors (Lipinski definition) is 4. The number of nitrogens with zero attached hydrogens (tertiary/aromatic N) is 4. The number of rotatable bonds is 3. The third kappa shape index (κ3) is 3.30. The smallest absolute Gasteiger partial charge is 0.269 e. The molecule has 6 nitrogen and oxygen atoms in total. The molecule has 1 aliphatic heterocycles.